The molecule has 0 aromatic carbocycles. The number of piperazine rings is 1. The van der Waals surface area contributed by atoms with Crippen LogP contribution in [0.1, 0.15) is 34.1 Å². The molecule has 1 aliphatic rings. The first-order chi connectivity index (χ1) is 7.11. The molecule has 5 heteroatoms. The second kappa shape index (κ2) is 4.53. The summed E-state index contributed by atoms with van der Waals surface area (Å²) in [4.78, 5) is 1.95. The molecule has 0 spiro atoms. The van der Waals surface area contributed by atoms with E-state index in [9.17, 15) is 13.2 Å². The van der Waals surface area contributed by atoms with Crippen molar-refractivity contribution in [1.82, 2.24) is 10.2 Å². The maximum Gasteiger partial charge on any atom is 0.390 e. The summed E-state index contributed by atoms with van der Waals surface area (Å²) in [5.41, 5.74) is -0.105. The van der Waals surface area contributed by atoms with Crippen molar-refractivity contribution in [3.8, 4) is 0 Å². The van der Waals surface area contributed by atoms with E-state index >= 15 is 0 Å². The molecule has 1 aliphatic heterocycles. The number of alkyl halides is 3. The van der Waals surface area contributed by atoms with Crippen molar-refractivity contribution in [2.75, 3.05) is 13.1 Å². The molecule has 16 heavy (non-hydrogen) atoms. The minimum Gasteiger partial charge on any atom is -0.309 e. The Labute approximate surface area is 95.2 Å². The summed E-state index contributed by atoms with van der Waals surface area (Å²) in [6.45, 7) is 9.07. The molecular weight excluding hydrogens is 217 g/mol. The lowest BCUT2D eigenvalue weighted by Gasteiger charge is -2.46. The van der Waals surface area contributed by atoms with Crippen molar-refractivity contribution in [2.45, 2.75) is 57.9 Å². The summed E-state index contributed by atoms with van der Waals surface area (Å²) in [6.07, 6.45) is -4.80. The molecule has 1 rings (SSSR count). The fourth-order valence-corrected chi connectivity index (χ4v) is 2.25. The highest BCUT2D eigenvalue weighted by atomic mass is 19.4. The van der Waals surface area contributed by atoms with Gasteiger partial charge in [0.25, 0.3) is 0 Å². The molecule has 2 nitrogen and oxygen atoms in total. The molecule has 1 N–H and O–H groups in total. The molecule has 1 fully saturated rings. The van der Waals surface area contributed by atoms with E-state index in [4.69, 9.17) is 0 Å². The number of nitrogens with zero attached hydrogens (tertiary/aromatic N) is 1. The van der Waals surface area contributed by atoms with Crippen LogP contribution in [0.4, 0.5) is 13.2 Å². The summed E-state index contributed by atoms with van der Waals surface area (Å²) in [7, 11) is 0. The SMILES string of the molecule is CC1CNC(C)(C)CN1C(C)CC(F)(F)F. The zero-order valence-electron chi connectivity index (χ0n) is 10.4. The van der Waals surface area contributed by atoms with Gasteiger partial charge in [-0.2, -0.15) is 13.2 Å². The first-order valence-electron chi connectivity index (χ1n) is 5.68. The third-order valence-electron chi connectivity index (χ3n) is 3.11. The Balaban J connectivity index is 2.62. The van der Waals surface area contributed by atoms with Gasteiger partial charge in [0.1, 0.15) is 0 Å². The van der Waals surface area contributed by atoms with Crippen molar-refractivity contribution in [3.63, 3.8) is 0 Å². The van der Waals surface area contributed by atoms with Crippen LogP contribution in [0.3, 0.4) is 0 Å². The van der Waals surface area contributed by atoms with E-state index in [1.165, 1.54) is 0 Å². The molecule has 0 bridgehead atoms. The molecule has 0 saturated carbocycles. The van der Waals surface area contributed by atoms with Gasteiger partial charge in [-0.3, -0.25) is 4.90 Å². The zero-order valence-corrected chi connectivity index (χ0v) is 10.4. The Morgan fingerprint density at radius 2 is 2.00 bits per heavy atom. The standard InChI is InChI=1S/C11H21F3N2/c1-8(5-11(12,13)14)16-7-10(3,4)15-6-9(16)2/h8-9,15H,5-7H2,1-4H3. The highest BCUT2D eigenvalue weighted by Crippen LogP contribution is 2.27. The maximum absolute atomic E-state index is 12.3. The van der Waals surface area contributed by atoms with Crippen LogP contribution in [0.5, 0.6) is 0 Å². The average Bonchev–Trinajstić information content (AvgIpc) is 2.06. The van der Waals surface area contributed by atoms with Gasteiger partial charge in [-0.15, -0.1) is 0 Å². The number of hydrogen-bond acceptors (Lipinski definition) is 2. The Morgan fingerprint density at radius 1 is 1.44 bits per heavy atom. The van der Waals surface area contributed by atoms with Gasteiger partial charge in [0.15, 0.2) is 0 Å². The number of rotatable bonds is 2. The highest BCUT2D eigenvalue weighted by Gasteiger charge is 2.38. The molecule has 2 atom stereocenters. The topological polar surface area (TPSA) is 15.3 Å². The van der Waals surface area contributed by atoms with Gasteiger partial charge in [0.05, 0.1) is 6.42 Å². The van der Waals surface area contributed by atoms with Crippen molar-refractivity contribution >= 4 is 0 Å². The Kier molecular flexibility index (Phi) is 3.90. The van der Waals surface area contributed by atoms with Gasteiger partial charge in [-0.25, -0.2) is 0 Å². The van der Waals surface area contributed by atoms with Gasteiger partial charge in [0, 0.05) is 30.7 Å². The van der Waals surface area contributed by atoms with Gasteiger partial charge in [-0.05, 0) is 27.7 Å². The van der Waals surface area contributed by atoms with Crippen LogP contribution in [-0.4, -0.2) is 41.8 Å². The van der Waals surface area contributed by atoms with E-state index in [0.717, 1.165) is 6.54 Å². The van der Waals surface area contributed by atoms with Crippen LogP contribution in [0, 0.1) is 0 Å². The summed E-state index contributed by atoms with van der Waals surface area (Å²) >= 11 is 0. The molecule has 0 radical (unpaired) electrons. The van der Waals surface area contributed by atoms with Crippen LogP contribution in [0.15, 0.2) is 0 Å². The van der Waals surface area contributed by atoms with E-state index in [1.807, 2.05) is 25.7 Å². The predicted molar refractivity (Wildman–Crippen MR) is 58.4 cm³/mol. The van der Waals surface area contributed by atoms with E-state index in [1.54, 1.807) is 6.92 Å². The van der Waals surface area contributed by atoms with Gasteiger partial charge in [0.2, 0.25) is 0 Å². The summed E-state index contributed by atoms with van der Waals surface area (Å²) in [5, 5.41) is 3.33. The quantitative estimate of drug-likeness (QED) is 0.794. The van der Waals surface area contributed by atoms with Crippen LogP contribution in [-0.2, 0) is 0 Å². The van der Waals surface area contributed by atoms with Crippen molar-refractivity contribution in [2.24, 2.45) is 0 Å². The van der Waals surface area contributed by atoms with Gasteiger partial charge < -0.3 is 5.32 Å². The minimum atomic E-state index is -4.08. The molecule has 1 heterocycles. The van der Waals surface area contributed by atoms with Gasteiger partial charge in [-0.1, -0.05) is 0 Å². The fraction of sp³-hybridized carbons (Fsp3) is 1.00. The molecule has 96 valence electrons. The van der Waals surface area contributed by atoms with Crippen molar-refractivity contribution in [1.29, 1.82) is 0 Å². The minimum absolute atomic E-state index is 0.105. The molecule has 0 aliphatic carbocycles. The predicted octanol–water partition coefficient (Wildman–Crippen LogP) is 2.40. The monoisotopic (exact) mass is 238 g/mol. The summed E-state index contributed by atoms with van der Waals surface area (Å²) in [6, 6.07) is -0.290. The first kappa shape index (κ1) is 13.8. The molecule has 2 unspecified atom stereocenters. The molecule has 0 aromatic rings. The fourth-order valence-electron chi connectivity index (χ4n) is 2.25. The van der Waals surface area contributed by atoms with Crippen LogP contribution >= 0.6 is 0 Å². The van der Waals surface area contributed by atoms with E-state index < -0.39 is 18.6 Å². The van der Waals surface area contributed by atoms with E-state index in [0.29, 0.717) is 6.54 Å². The Morgan fingerprint density at radius 3 is 2.50 bits per heavy atom. The second-order valence-corrected chi connectivity index (χ2v) is 5.45. The van der Waals surface area contributed by atoms with Crippen LogP contribution < -0.4 is 5.32 Å². The smallest absolute Gasteiger partial charge is 0.309 e. The molecule has 0 aromatic heterocycles. The molecular formula is C11H21F3N2. The summed E-state index contributed by atoms with van der Waals surface area (Å²) in [5.74, 6) is 0. The van der Waals surface area contributed by atoms with Crippen molar-refractivity contribution in [3.05, 3.63) is 0 Å². The Hall–Kier alpha value is -0.290. The third kappa shape index (κ3) is 3.94. The van der Waals surface area contributed by atoms with Crippen LogP contribution in [0.2, 0.25) is 0 Å². The number of halogens is 3. The normalized spacial score (nSPS) is 29.1. The lowest BCUT2D eigenvalue weighted by molar-refractivity contribution is -0.149. The highest BCUT2D eigenvalue weighted by molar-refractivity contribution is 4.92. The van der Waals surface area contributed by atoms with Gasteiger partial charge >= 0.3 is 6.18 Å². The number of nitrogens with one attached hydrogen (secondary N) is 1. The summed E-state index contributed by atoms with van der Waals surface area (Å²) < 4.78 is 37.0. The van der Waals surface area contributed by atoms with Crippen molar-refractivity contribution < 1.29 is 13.2 Å². The zero-order chi connectivity index (χ0) is 12.6. The van der Waals surface area contributed by atoms with E-state index in [-0.39, 0.29) is 11.6 Å². The Bertz CT molecular complexity index is 238. The lowest BCUT2D eigenvalue weighted by Crippen LogP contribution is -2.63. The lowest BCUT2D eigenvalue weighted by atomic mass is 9.97. The number of hydrogen-bond donors (Lipinski definition) is 1. The molecule has 0 amide bonds. The van der Waals surface area contributed by atoms with E-state index in [2.05, 4.69) is 5.32 Å². The van der Waals surface area contributed by atoms with Crippen LogP contribution in [0.25, 0.3) is 0 Å². The first-order valence-corrected chi connectivity index (χ1v) is 5.68. The third-order valence-corrected chi connectivity index (χ3v) is 3.11. The molecule has 1 saturated heterocycles. The second-order valence-electron chi connectivity index (χ2n) is 5.45. The maximum atomic E-state index is 12.3. The largest absolute Gasteiger partial charge is 0.390 e. The average molecular weight is 238 g/mol.